The summed E-state index contributed by atoms with van der Waals surface area (Å²) in [5.74, 6) is 0.845. The molecule has 0 bridgehead atoms. The van der Waals surface area contributed by atoms with Gasteiger partial charge in [-0.2, -0.15) is 0 Å². The lowest BCUT2D eigenvalue weighted by atomic mass is 10.2. The number of hydrogen-bond acceptors (Lipinski definition) is 2. The van der Waals surface area contributed by atoms with E-state index < -0.39 is 0 Å². The third kappa shape index (κ3) is 3.85. The molecule has 0 heterocycles. The van der Waals surface area contributed by atoms with Crippen LogP contribution in [0, 0.1) is 0 Å². The molecule has 19 heavy (non-hydrogen) atoms. The number of aryl methyl sites for hydroxylation is 1. The summed E-state index contributed by atoms with van der Waals surface area (Å²) in [7, 11) is 1.66. The third-order valence-corrected chi connectivity index (χ3v) is 2.88. The highest BCUT2D eigenvalue weighted by atomic mass is 16.5. The lowest BCUT2D eigenvalue weighted by Gasteiger charge is -2.02. The number of nitrogens with zero attached hydrogens (tertiary/aromatic N) is 1. The van der Waals surface area contributed by atoms with Crippen molar-refractivity contribution in [3.05, 3.63) is 54.1 Å². The first-order valence-electron chi connectivity index (χ1n) is 6.34. The summed E-state index contributed by atoms with van der Waals surface area (Å²) in [6.45, 7) is 2.14. The zero-order chi connectivity index (χ0) is 13.5. The number of anilines is 1. The van der Waals surface area contributed by atoms with Gasteiger partial charge in [-0.25, -0.2) is 4.99 Å². The maximum atomic E-state index is 5.10. The van der Waals surface area contributed by atoms with Crippen molar-refractivity contribution in [2.75, 3.05) is 12.4 Å². The fourth-order valence-corrected chi connectivity index (χ4v) is 1.69. The van der Waals surface area contributed by atoms with Gasteiger partial charge in [0.15, 0.2) is 0 Å². The molecule has 0 saturated heterocycles. The minimum atomic E-state index is 0.845. The van der Waals surface area contributed by atoms with Crippen molar-refractivity contribution in [1.29, 1.82) is 0 Å². The van der Waals surface area contributed by atoms with Crippen molar-refractivity contribution >= 4 is 17.7 Å². The minimum Gasteiger partial charge on any atom is -0.497 e. The van der Waals surface area contributed by atoms with E-state index in [0.717, 1.165) is 23.5 Å². The Kier molecular flexibility index (Phi) is 4.56. The zero-order valence-corrected chi connectivity index (χ0v) is 11.3. The Morgan fingerprint density at radius 1 is 1.05 bits per heavy atom. The Balaban J connectivity index is 1.94. The first-order chi connectivity index (χ1) is 9.31. The molecule has 0 amide bonds. The van der Waals surface area contributed by atoms with Crippen LogP contribution < -0.4 is 10.1 Å². The van der Waals surface area contributed by atoms with Gasteiger partial charge in [0.05, 0.1) is 19.1 Å². The van der Waals surface area contributed by atoms with E-state index in [9.17, 15) is 0 Å². The van der Waals surface area contributed by atoms with Gasteiger partial charge in [0.2, 0.25) is 0 Å². The van der Waals surface area contributed by atoms with Crippen molar-refractivity contribution < 1.29 is 4.74 Å². The van der Waals surface area contributed by atoms with E-state index in [0.29, 0.717) is 0 Å². The fraction of sp³-hybridized carbons (Fsp3) is 0.188. The molecule has 0 atom stereocenters. The predicted octanol–water partition coefficient (Wildman–Crippen LogP) is 4.03. The van der Waals surface area contributed by atoms with E-state index in [2.05, 4.69) is 29.4 Å². The van der Waals surface area contributed by atoms with Gasteiger partial charge in [-0.3, -0.25) is 0 Å². The average Bonchev–Trinajstić information content (AvgIpc) is 2.49. The molecule has 1 N–H and O–H groups in total. The molecule has 0 saturated carbocycles. The van der Waals surface area contributed by atoms with E-state index >= 15 is 0 Å². The third-order valence-electron chi connectivity index (χ3n) is 2.88. The van der Waals surface area contributed by atoms with E-state index in [1.54, 1.807) is 13.4 Å². The fourth-order valence-electron chi connectivity index (χ4n) is 1.69. The molecule has 2 aromatic rings. The van der Waals surface area contributed by atoms with Crippen LogP contribution in [0.3, 0.4) is 0 Å². The van der Waals surface area contributed by atoms with E-state index in [-0.39, 0.29) is 0 Å². The van der Waals surface area contributed by atoms with Crippen LogP contribution >= 0.6 is 0 Å². The molecule has 3 heteroatoms. The summed E-state index contributed by atoms with van der Waals surface area (Å²) in [5, 5.41) is 3.13. The van der Waals surface area contributed by atoms with Crippen LogP contribution in [0.1, 0.15) is 12.5 Å². The predicted molar refractivity (Wildman–Crippen MR) is 80.6 cm³/mol. The number of rotatable bonds is 5. The zero-order valence-electron chi connectivity index (χ0n) is 11.3. The number of nitrogens with one attached hydrogen (secondary N) is 1. The second kappa shape index (κ2) is 6.59. The van der Waals surface area contributed by atoms with Crippen LogP contribution in [0.5, 0.6) is 5.75 Å². The Morgan fingerprint density at radius 2 is 1.74 bits per heavy atom. The van der Waals surface area contributed by atoms with Crippen LogP contribution in [0.4, 0.5) is 11.4 Å². The van der Waals surface area contributed by atoms with E-state index in [1.165, 1.54) is 5.56 Å². The highest BCUT2D eigenvalue weighted by Gasteiger charge is 1.92. The summed E-state index contributed by atoms with van der Waals surface area (Å²) >= 11 is 0. The molecule has 0 aliphatic carbocycles. The van der Waals surface area contributed by atoms with E-state index in [4.69, 9.17) is 4.74 Å². The lowest BCUT2D eigenvalue weighted by Crippen LogP contribution is -1.94. The van der Waals surface area contributed by atoms with Crippen molar-refractivity contribution in [3.63, 3.8) is 0 Å². The summed E-state index contributed by atoms with van der Waals surface area (Å²) in [5.41, 5.74) is 3.25. The van der Waals surface area contributed by atoms with Crippen LogP contribution in [0.2, 0.25) is 0 Å². The first kappa shape index (κ1) is 13.1. The molecule has 0 radical (unpaired) electrons. The van der Waals surface area contributed by atoms with Crippen LogP contribution in [-0.4, -0.2) is 13.4 Å². The largest absolute Gasteiger partial charge is 0.497 e. The smallest absolute Gasteiger partial charge is 0.119 e. The van der Waals surface area contributed by atoms with Gasteiger partial charge in [-0.05, 0) is 48.4 Å². The molecule has 0 aromatic heterocycles. The second-order valence-corrected chi connectivity index (χ2v) is 4.15. The first-order valence-corrected chi connectivity index (χ1v) is 6.34. The van der Waals surface area contributed by atoms with Gasteiger partial charge in [-0.1, -0.05) is 19.1 Å². The quantitative estimate of drug-likeness (QED) is 0.645. The topological polar surface area (TPSA) is 33.6 Å². The highest BCUT2D eigenvalue weighted by molar-refractivity contribution is 5.77. The average molecular weight is 254 g/mol. The van der Waals surface area contributed by atoms with Crippen molar-refractivity contribution in [3.8, 4) is 5.75 Å². The second-order valence-electron chi connectivity index (χ2n) is 4.15. The minimum absolute atomic E-state index is 0.845. The molecular weight excluding hydrogens is 236 g/mol. The van der Waals surface area contributed by atoms with Crippen molar-refractivity contribution in [1.82, 2.24) is 0 Å². The molecule has 0 spiro atoms. The molecule has 98 valence electrons. The molecule has 0 aliphatic rings. The highest BCUT2D eigenvalue weighted by Crippen LogP contribution is 2.15. The molecule has 0 fully saturated rings. The lowest BCUT2D eigenvalue weighted by molar-refractivity contribution is 0.415. The molecular formula is C16H18N2O. The maximum Gasteiger partial charge on any atom is 0.119 e. The number of hydrogen-bond donors (Lipinski definition) is 1. The van der Waals surface area contributed by atoms with Crippen LogP contribution in [0.25, 0.3) is 0 Å². The van der Waals surface area contributed by atoms with Gasteiger partial charge in [0, 0.05) is 5.69 Å². The normalized spacial score (nSPS) is 10.6. The molecule has 2 aromatic carbocycles. The summed E-state index contributed by atoms with van der Waals surface area (Å²) in [6.07, 6.45) is 2.75. The Labute approximate surface area is 114 Å². The van der Waals surface area contributed by atoms with E-state index in [1.807, 2.05) is 36.4 Å². The number of ether oxygens (including phenoxy) is 1. The number of methoxy groups -OCH3 is 1. The SMILES string of the molecule is CCc1ccc(N=CNc2ccc(OC)cc2)cc1. The Bertz CT molecular complexity index is 530. The maximum absolute atomic E-state index is 5.10. The van der Waals surface area contributed by atoms with Gasteiger partial charge < -0.3 is 10.1 Å². The Morgan fingerprint density at radius 3 is 2.32 bits per heavy atom. The van der Waals surface area contributed by atoms with Crippen molar-refractivity contribution in [2.24, 2.45) is 4.99 Å². The van der Waals surface area contributed by atoms with Gasteiger partial charge >= 0.3 is 0 Å². The number of aliphatic imine (C=N–C) groups is 1. The monoisotopic (exact) mass is 254 g/mol. The molecule has 0 unspecified atom stereocenters. The van der Waals surface area contributed by atoms with Gasteiger partial charge in [0.25, 0.3) is 0 Å². The molecule has 3 nitrogen and oxygen atoms in total. The molecule has 0 aliphatic heterocycles. The summed E-state index contributed by atoms with van der Waals surface area (Å²) < 4.78 is 5.10. The summed E-state index contributed by atoms with van der Waals surface area (Å²) in [4.78, 5) is 4.35. The van der Waals surface area contributed by atoms with Crippen molar-refractivity contribution in [2.45, 2.75) is 13.3 Å². The van der Waals surface area contributed by atoms with Crippen LogP contribution in [-0.2, 0) is 6.42 Å². The number of benzene rings is 2. The van der Waals surface area contributed by atoms with Gasteiger partial charge in [-0.15, -0.1) is 0 Å². The standard InChI is InChI=1S/C16H18N2O/c1-3-13-4-6-14(7-5-13)17-12-18-15-8-10-16(19-2)11-9-15/h4-12H,3H2,1-2H3,(H,17,18). The van der Waals surface area contributed by atoms with Crippen LogP contribution in [0.15, 0.2) is 53.5 Å². The summed E-state index contributed by atoms with van der Waals surface area (Å²) in [6, 6.07) is 15.9. The Hall–Kier alpha value is -2.29. The molecule has 2 rings (SSSR count). The van der Waals surface area contributed by atoms with Gasteiger partial charge in [0.1, 0.15) is 5.75 Å².